The summed E-state index contributed by atoms with van der Waals surface area (Å²) in [7, 11) is 2.15. The topological polar surface area (TPSA) is 41.0 Å². The molecule has 0 spiro atoms. The molecule has 1 saturated heterocycles. The summed E-state index contributed by atoms with van der Waals surface area (Å²) in [4.78, 5) is 11.4. The van der Waals surface area contributed by atoms with Gasteiger partial charge in [0, 0.05) is 31.2 Å². The lowest BCUT2D eigenvalue weighted by Gasteiger charge is -2.29. The van der Waals surface area contributed by atoms with Gasteiger partial charge in [0.25, 0.3) is 0 Å². The molecule has 2 aromatic heterocycles. The van der Waals surface area contributed by atoms with Crippen molar-refractivity contribution in [1.82, 2.24) is 20.2 Å². The second kappa shape index (κ2) is 5.14. The first-order valence-corrected chi connectivity index (χ1v) is 6.99. The number of hydrogen-bond acceptors (Lipinski definition) is 5. The third-order valence-corrected chi connectivity index (χ3v) is 4.02. The van der Waals surface area contributed by atoms with Crippen LogP contribution < -0.4 is 5.32 Å². The van der Waals surface area contributed by atoms with Gasteiger partial charge in [-0.05, 0) is 19.2 Å². The maximum absolute atomic E-state index is 4.71. The molecular formula is C13H16N4S. The van der Waals surface area contributed by atoms with E-state index in [1.807, 2.05) is 24.4 Å². The molecule has 0 saturated carbocycles. The molecule has 1 aliphatic heterocycles. The van der Waals surface area contributed by atoms with E-state index in [2.05, 4.69) is 27.6 Å². The lowest BCUT2D eigenvalue weighted by Crippen LogP contribution is -2.43. The summed E-state index contributed by atoms with van der Waals surface area (Å²) in [6, 6.07) is 6.27. The molecule has 2 aromatic rings. The van der Waals surface area contributed by atoms with Gasteiger partial charge in [-0.2, -0.15) is 0 Å². The molecular weight excluding hydrogens is 244 g/mol. The molecule has 1 atom stereocenters. The SMILES string of the molecule is CN1CCNC(c2csc(-c3ccccn3)n2)C1. The first kappa shape index (κ1) is 11.8. The van der Waals surface area contributed by atoms with Gasteiger partial charge in [0.15, 0.2) is 0 Å². The van der Waals surface area contributed by atoms with E-state index in [9.17, 15) is 0 Å². The highest BCUT2D eigenvalue weighted by Gasteiger charge is 2.20. The molecule has 4 nitrogen and oxygen atoms in total. The number of rotatable bonds is 2. The highest BCUT2D eigenvalue weighted by atomic mass is 32.1. The van der Waals surface area contributed by atoms with Gasteiger partial charge in [0.2, 0.25) is 0 Å². The first-order chi connectivity index (χ1) is 8.83. The molecule has 0 aromatic carbocycles. The summed E-state index contributed by atoms with van der Waals surface area (Å²) in [5, 5.41) is 6.65. The molecule has 0 aliphatic carbocycles. The summed E-state index contributed by atoms with van der Waals surface area (Å²) >= 11 is 1.67. The van der Waals surface area contributed by atoms with Crippen molar-refractivity contribution >= 4 is 11.3 Å². The Morgan fingerprint density at radius 1 is 1.44 bits per heavy atom. The Kier molecular flexibility index (Phi) is 3.36. The van der Waals surface area contributed by atoms with Crippen LogP contribution in [0.1, 0.15) is 11.7 Å². The number of nitrogens with zero attached hydrogens (tertiary/aromatic N) is 3. The first-order valence-electron chi connectivity index (χ1n) is 6.12. The van der Waals surface area contributed by atoms with Crippen molar-refractivity contribution in [1.29, 1.82) is 0 Å². The van der Waals surface area contributed by atoms with Crippen molar-refractivity contribution in [3.05, 3.63) is 35.5 Å². The fraction of sp³-hybridized carbons (Fsp3) is 0.385. The van der Waals surface area contributed by atoms with Crippen LogP contribution >= 0.6 is 11.3 Å². The van der Waals surface area contributed by atoms with Crippen LogP contribution in [-0.4, -0.2) is 41.5 Å². The highest BCUT2D eigenvalue weighted by molar-refractivity contribution is 7.13. The molecule has 0 bridgehead atoms. The van der Waals surface area contributed by atoms with Crippen molar-refractivity contribution < 1.29 is 0 Å². The van der Waals surface area contributed by atoms with Crippen LogP contribution in [0.2, 0.25) is 0 Å². The zero-order valence-corrected chi connectivity index (χ0v) is 11.2. The van der Waals surface area contributed by atoms with Gasteiger partial charge in [-0.1, -0.05) is 6.07 Å². The van der Waals surface area contributed by atoms with E-state index >= 15 is 0 Å². The Labute approximate surface area is 111 Å². The van der Waals surface area contributed by atoms with Crippen LogP contribution in [0.5, 0.6) is 0 Å². The van der Waals surface area contributed by atoms with Gasteiger partial charge in [-0.25, -0.2) is 4.98 Å². The summed E-state index contributed by atoms with van der Waals surface area (Å²) in [6.45, 7) is 3.15. The van der Waals surface area contributed by atoms with E-state index in [-0.39, 0.29) is 0 Å². The number of pyridine rings is 1. The highest BCUT2D eigenvalue weighted by Crippen LogP contribution is 2.25. The maximum Gasteiger partial charge on any atom is 0.142 e. The number of thiazole rings is 1. The second-order valence-corrected chi connectivity index (χ2v) is 5.42. The minimum absolute atomic E-state index is 0.345. The predicted molar refractivity (Wildman–Crippen MR) is 73.6 cm³/mol. The van der Waals surface area contributed by atoms with Crippen LogP contribution in [0.25, 0.3) is 10.7 Å². The van der Waals surface area contributed by atoms with Crippen molar-refractivity contribution in [2.45, 2.75) is 6.04 Å². The molecule has 5 heteroatoms. The summed E-state index contributed by atoms with van der Waals surface area (Å²) < 4.78 is 0. The fourth-order valence-corrected chi connectivity index (χ4v) is 3.00. The van der Waals surface area contributed by atoms with Crippen molar-refractivity contribution in [3.8, 4) is 10.7 Å². The molecule has 1 aliphatic rings. The molecule has 1 unspecified atom stereocenters. The zero-order chi connectivity index (χ0) is 12.4. The van der Waals surface area contributed by atoms with Crippen LogP contribution in [0.3, 0.4) is 0 Å². The van der Waals surface area contributed by atoms with Gasteiger partial charge < -0.3 is 10.2 Å². The minimum Gasteiger partial charge on any atom is -0.306 e. The third-order valence-electron chi connectivity index (χ3n) is 3.14. The van der Waals surface area contributed by atoms with Crippen molar-refractivity contribution in [3.63, 3.8) is 0 Å². The third kappa shape index (κ3) is 2.43. The molecule has 1 N–H and O–H groups in total. The molecule has 0 amide bonds. The van der Waals surface area contributed by atoms with Crippen molar-refractivity contribution in [2.24, 2.45) is 0 Å². The van der Waals surface area contributed by atoms with Crippen molar-refractivity contribution in [2.75, 3.05) is 26.7 Å². The average molecular weight is 260 g/mol. The number of piperazine rings is 1. The Bertz CT molecular complexity index is 511. The van der Waals surface area contributed by atoms with Gasteiger partial charge in [0.1, 0.15) is 5.01 Å². The number of likely N-dealkylation sites (N-methyl/N-ethyl adjacent to an activating group) is 1. The van der Waals surface area contributed by atoms with Gasteiger partial charge >= 0.3 is 0 Å². The number of nitrogens with one attached hydrogen (secondary N) is 1. The molecule has 18 heavy (non-hydrogen) atoms. The Morgan fingerprint density at radius 2 is 2.39 bits per heavy atom. The standard InChI is InChI=1S/C13H16N4S/c1-17-7-6-15-11(8-17)12-9-18-13(16-12)10-4-2-3-5-14-10/h2-5,9,11,15H,6-8H2,1H3. The van der Waals surface area contributed by atoms with Gasteiger partial charge in [0.05, 0.1) is 17.4 Å². The maximum atomic E-state index is 4.71. The van der Waals surface area contributed by atoms with Gasteiger partial charge in [-0.3, -0.25) is 4.98 Å². The quantitative estimate of drug-likeness (QED) is 0.893. The minimum atomic E-state index is 0.345. The number of hydrogen-bond donors (Lipinski definition) is 1. The predicted octanol–water partition coefficient (Wildman–Crippen LogP) is 1.78. The summed E-state index contributed by atoms with van der Waals surface area (Å²) in [5.74, 6) is 0. The summed E-state index contributed by atoms with van der Waals surface area (Å²) in [6.07, 6.45) is 1.81. The Hall–Kier alpha value is -1.30. The van der Waals surface area contributed by atoms with Crippen LogP contribution in [-0.2, 0) is 0 Å². The fourth-order valence-electron chi connectivity index (χ4n) is 2.15. The summed E-state index contributed by atoms with van der Waals surface area (Å²) in [5.41, 5.74) is 2.09. The van der Waals surface area contributed by atoms with Crippen LogP contribution in [0, 0.1) is 0 Å². The lowest BCUT2D eigenvalue weighted by molar-refractivity contribution is 0.238. The van der Waals surface area contributed by atoms with E-state index in [1.165, 1.54) is 0 Å². The molecule has 94 valence electrons. The normalized spacial score (nSPS) is 21.1. The monoisotopic (exact) mass is 260 g/mol. The van der Waals surface area contributed by atoms with Gasteiger partial charge in [-0.15, -0.1) is 11.3 Å². The van der Waals surface area contributed by atoms with E-state index < -0.39 is 0 Å². The zero-order valence-electron chi connectivity index (χ0n) is 10.3. The molecule has 1 fully saturated rings. The van der Waals surface area contributed by atoms with E-state index in [0.29, 0.717) is 6.04 Å². The Morgan fingerprint density at radius 3 is 3.17 bits per heavy atom. The lowest BCUT2D eigenvalue weighted by atomic mass is 10.2. The smallest absolute Gasteiger partial charge is 0.142 e. The Balaban J connectivity index is 1.81. The van der Waals surface area contributed by atoms with E-state index in [1.54, 1.807) is 11.3 Å². The molecule has 3 heterocycles. The van der Waals surface area contributed by atoms with Crippen LogP contribution in [0.15, 0.2) is 29.8 Å². The molecule has 3 rings (SSSR count). The largest absolute Gasteiger partial charge is 0.306 e. The number of aromatic nitrogens is 2. The van der Waals surface area contributed by atoms with Crippen LogP contribution in [0.4, 0.5) is 0 Å². The van der Waals surface area contributed by atoms with E-state index in [0.717, 1.165) is 36.0 Å². The average Bonchev–Trinajstić information content (AvgIpc) is 2.89. The second-order valence-electron chi connectivity index (χ2n) is 4.56. The van der Waals surface area contributed by atoms with E-state index in [4.69, 9.17) is 4.98 Å². The molecule has 0 radical (unpaired) electrons.